The van der Waals surface area contributed by atoms with E-state index in [1.54, 1.807) is 0 Å². The monoisotopic (exact) mass is 248 g/mol. The van der Waals surface area contributed by atoms with Crippen LogP contribution >= 0.6 is 15.9 Å². The van der Waals surface area contributed by atoms with Crippen LogP contribution in [0.25, 0.3) is 0 Å². The smallest absolute Gasteiger partial charge is 0.164 e. The molecule has 3 nitrogen and oxygen atoms in total. The van der Waals surface area contributed by atoms with Gasteiger partial charge in [-0.05, 0) is 19.9 Å². The molecule has 1 saturated heterocycles. The van der Waals surface area contributed by atoms with Crippen molar-refractivity contribution in [1.29, 1.82) is 0 Å². The fourth-order valence-corrected chi connectivity index (χ4v) is 2.23. The van der Waals surface area contributed by atoms with E-state index in [1.807, 2.05) is 19.9 Å². The van der Waals surface area contributed by atoms with Gasteiger partial charge in [0.1, 0.15) is 6.10 Å². The van der Waals surface area contributed by atoms with E-state index >= 15 is 0 Å². The highest BCUT2D eigenvalue weighted by atomic mass is 79.9. The van der Waals surface area contributed by atoms with Crippen molar-refractivity contribution in [3.05, 3.63) is 10.6 Å². The van der Waals surface area contributed by atoms with Gasteiger partial charge >= 0.3 is 0 Å². The first-order valence-electron chi connectivity index (χ1n) is 4.39. The Labute approximate surface area is 85.8 Å². The molecule has 2 rings (SSSR count). The second kappa shape index (κ2) is 3.05. The zero-order valence-electron chi connectivity index (χ0n) is 7.66. The third-order valence-electron chi connectivity index (χ3n) is 2.32. The number of rotatable bonds is 0. The van der Waals surface area contributed by atoms with E-state index in [4.69, 9.17) is 9.47 Å². The van der Waals surface area contributed by atoms with Gasteiger partial charge in [0.2, 0.25) is 0 Å². The van der Waals surface area contributed by atoms with Gasteiger partial charge in [-0.1, -0.05) is 15.9 Å². The Hall–Kier alpha value is 0.1000. The molecule has 1 fully saturated rings. The molecule has 0 aromatic rings. The number of aliphatic hydroxyl groups excluding tert-OH is 1. The molecule has 0 radical (unpaired) electrons. The molecule has 2 aliphatic rings. The molecule has 0 saturated carbocycles. The predicted octanol–water partition coefficient (Wildman–Crippen LogP) is 1.55. The number of aliphatic hydroxyl groups is 1. The van der Waals surface area contributed by atoms with Crippen molar-refractivity contribution < 1.29 is 14.6 Å². The highest BCUT2D eigenvalue weighted by Gasteiger charge is 2.43. The maximum absolute atomic E-state index is 9.54. The topological polar surface area (TPSA) is 38.7 Å². The van der Waals surface area contributed by atoms with Crippen molar-refractivity contribution in [2.75, 3.05) is 0 Å². The number of hydrogen-bond acceptors (Lipinski definition) is 3. The van der Waals surface area contributed by atoms with Gasteiger partial charge < -0.3 is 14.6 Å². The van der Waals surface area contributed by atoms with Crippen molar-refractivity contribution in [3.8, 4) is 0 Å². The summed E-state index contributed by atoms with van der Waals surface area (Å²) in [5, 5.41) is 9.54. The third kappa shape index (κ3) is 1.81. The zero-order valence-corrected chi connectivity index (χ0v) is 9.24. The quantitative estimate of drug-likeness (QED) is 0.707. The lowest BCUT2D eigenvalue weighted by Gasteiger charge is -2.23. The summed E-state index contributed by atoms with van der Waals surface area (Å²) in [6, 6.07) is 0. The summed E-state index contributed by atoms with van der Waals surface area (Å²) in [4.78, 5) is 0. The van der Waals surface area contributed by atoms with Crippen molar-refractivity contribution in [2.24, 2.45) is 0 Å². The summed E-state index contributed by atoms with van der Waals surface area (Å²) < 4.78 is 12.1. The van der Waals surface area contributed by atoms with Gasteiger partial charge in [-0.25, -0.2) is 0 Å². The lowest BCUT2D eigenvalue weighted by molar-refractivity contribution is -0.144. The summed E-state index contributed by atoms with van der Waals surface area (Å²) in [5.74, 6) is -0.525. The van der Waals surface area contributed by atoms with Crippen LogP contribution in [0.5, 0.6) is 0 Å². The molecule has 3 atom stereocenters. The molecule has 0 unspecified atom stereocenters. The van der Waals surface area contributed by atoms with E-state index in [0.29, 0.717) is 6.42 Å². The minimum atomic E-state index is -0.525. The molecule has 1 N–H and O–H groups in total. The van der Waals surface area contributed by atoms with E-state index in [9.17, 15) is 5.11 Å². The Bertz CT molecular complexity index is 249. The number of ether oxygens (including phenoxy) is 2. The highest BCUT2D eigenvalue weighted by Crippen LogP contribution is 2.37. The van der Waals surface area contributed by atoms with Crippen LogP contribution in [0.15, 0.2) is 10.6 Å². The molecule has 0 aromatic carbocycles. The summed E-state index contributed by atoms with van der Waals surface area (Å²) in [6.45, 7) is 3.78. The van der Waals surface area contributed by atoms with E-state index in [-0.39, 0.29) is 12.2 Å². The molecule has 1 aliphatic heterocycles. The molecular weight excluding hydrogens is 236 g/mol. The molecule has 0 bridgehead atoms. The SMILES string of the molecule is CC1(C)O[C@H]2C[C@@H](O)C(Br)=C[C@H]2O1. The highest BCUT2D eigenvalue weighted by molar-refractivity contribution is 9.11. The lowest BCUT2D eigenvalue weighted by Crippen LogP contribution is -2.31. The average molecular weight is 249 g/mol. The Kier molecular flexibility index (Phi) is 2.27. The maximum atomic E-state index is 9.54. The van der Waals surface area contributed by atoms with Crippen molar-refractivity contribution in [3.63, 3.8) is 0 Å². The first-order chi connectivity index (χ1) is 5.98. The molecule has 1 aliphatic carbocycles. The Morgan fingerprint density at radius 2 is 2.23 bits per heavy atom. The van der Waals surface area contributed by atoms with E-state index in [1.165, 1.54) is 0 Å². The van der Waals surface area contributed by atoms with Gasteiger partial charge in [-0.3, -0.25) is 0 Å². The standard InChI is InChI=1S/C9H13BrO3/c1-9(2)12-7-3-5(10)6(11)4-8(7)13-9/h3,6-8,11H,4H2,1-2H3/t6-,7-,8+/m1/s1. The average Bonchev–Trinajstić information content (AvgIpc) is 2.24. The molecular formula is C9H13BrO3. The van der Waals surface area contributed by atoms with Crippen LogP contribution in [-0.4, -0.2) is 29.2 Å². The van der Waals surface area contributed by atoms with E-state index in [0.717, 1.165) is 4.48 Å². The fraction of sp³-hybridized carbons (Fsp3) is 0.778. The normalized spacial score (nSPS) is 42.8. The van der Waals surface area contributed by atoms with Crippen LogP contribution in [0.3, 0.4) is 0 Å². The van der Waals surface area contributed by atoms with Gasteiger partial charge in [0.05, 0.1) is 12.2 Å². The van der Waals surface area contributed by atoms with Gasteiger partial charge in [0.25, 0.3) is 0 Å². The maximum Gasteiger partial charge on any atom is 0.164 e. The first kappa shape index (κ1) is 9.65. The van der Waals surface area contributed by atoms with Gasteiger partial charge in [-0.15, -0.1) is 0 Å². The molecule has 0 aromatic heterocycles. The number of fused-ring (bicyclic) bond motifs is 1. The Morgan fingerprint density at radius 3 is 2.92 bits per heavy atom. The van der Waals surface area contributed by atoms with Crippen molar-refractivity contribution in [2.45, 2.75) is 44.4 Å². The van der Waals surface area contributed by atoms with Gasteiger partial charge in [-0.2, -0.15) is 0 Å². The Morgan fingerprint density at radius 1 is 1.54 bits per heavy atom. The molecule has 4 heteroatoms. The zero-order chi connectivity index (χ0) is 9.64. The van der Waals surface area contributed by atoms with E-state index in [2.05, 4.69) is 15.9 Å². The van der Waals surface area contributed by atoms with Crippen molar-refractivity contribution >= 4 is 15.9 Å². The van der Waals surface area contributed by atoms with Crippen LogP contribution in [0, 0.1) is 0 Å². The number of halogens is 1. The molecule has 13 heavy (non-hydrogen) atoms. The van der Waals surface area contributed by atoms with Crippen LogP contribution in [0.2, 0.25) is 0 Å². The summed E-state index contributed by atoms with van der Waals surface area (Å²) in [5.41, 5.74) is 0. The molecule has 0 amide bonds. The molecule has 0 spiro atoms. The summed E-state index contributed by atoms with van der Waals surface area (Å²) in [6.07, 6.45) is 2.01. The van der Waals surface area contributed by atoms with E-state index < -0.39 is 11.9 Å². The van der Waals surface area contributed by atoms with Crippen LogP contribution in [-0.2, 0) is 9.47 Å². The summed E-state index contributed by atoms with van der Waals surface area (Å²) in [7, 11) is 0. The fourth-order valence-electron chi connectivity index (χ4n) is 1.79. The first-order valence-corrected chi connectivity index (χ1v) is 5.18. The summed E-state index contributed by atoms with van der Waals surface area (Å²) >= 11 is 3.30. The van der Waals surface area contributed by atoms with Crippen LogP contribution in [0.1, 0.15) is 20.3 Å². The number of hydrogen-bond donors (Lipinski definition) is 1. The molecule has 1 heterocycles. The lowest BCUT2D eigenvalue weighted by atomic mass is 10.00. The predicted molar refractivity (Wildman–Crippen MR) is 51.5 cm³/mol. The van der Waals surface area contributed by atoms with Crippen molar-refractivity contribution in [1.82, 2.24) is 0 Å². The van der Waals surface area contributed by atoms with Gasteiger partial charge in [0.15, 0.2) is 5.79 Å². The van der Waals surface area contributed by atoms with Crippen LogP contribution in [0.4, 0.5) is 0 Å². The van der Waals surface area contributed by atoms with Crippen LogP contribution < -0.4 is 0 Å². The second-order valence-corrected chi connectivity index (χ2v) is 4.86. The van der Waals surface area contributed by atoms with Gasteiger partial charge in [0, 0.05) is 10.9 Å². The second-order valence-electron chi connectivity index (χ2n) is 3.94. The third-order valence-corrected chi connectivity index (χ3v) is 3.11. The largest absolute Gasteiger partial charge is 0.388 e. The minimum absolute atomic E-state index is 0.00806. The minimum Gasteiger partial charge on any atom is -0.388 e. The molecule has 74 valence electrons. The Balaban J connectivity index is 2.17.